The predicted molar refractivity (Wildman–Crippen MR) is 84.1 cm³/mol. The van der Waals surface area contributed by atoms with E-state index in [0.29, 0.717) is 0 Å². The smallest absolute Gasteiger partial charge is 0.252 e. The molecule has 2 N–H and O–H groups in total. The van der Waals surface area contributed by atoms with Gasteiger partial charge in [0.25, 0.3) is 5.91 Å². The van der Waals surface area contributed by atoms with Gasteiger partial charge >= 0.3 is 0 Å². The molecule has 3 rings (SSSR count). The highest BCUT2D eigenvalue weighted by Gasteiger charge is 2.25. The fourth-order valence-corrected chi connectivity index (χ4v) is 2.77. The maximum atomic E-state index is 15.0. The number of pyridine rings is 1. The zero-order valence-corrected chi connectivity index (χ0v) is 12.7. The summed E-state index contributed by atoms with van der Waals surface area (Å²) >= 11 is 0. The Morgan fingerprint density at radius 3 is 2.33 bits per heavy atom. The molecule has 0 aliphatic rings. The van der Waals surface area contributed by atoms with E-state index in [1.54, 1.807) is 6.92 Å². The summed E-state index contributed by atoms with van der Waals surface area (Å²) in [5.41, 5.74) is 5.21. The summed E-state index contributed by atoms with van der Waals surface area (Å²) in [6.45, 7) is 1.77. The summed E-state index contributed by atoms with van der Waals surface area (Å²) in [6.07, 6.45) is 0. The highest BCUT2D eigenvalue weighted by Crippen LogP contribution is 2.32. The van der Waals surface area contributed by atoms with Crippen LogP contribution in [0.1, 0.15) is 34.3 Å². The molecule has 0 aliphatic heterocycles. The standard InChI is InChI=1S/C18H13F3N2O/c1-9(10-5-3-2-4-6-10)11-7-8-12-13(15(11)19)14(18(22)24)16(20)17(21)23-12/h2-9H,1H3,(H2,22,24). The molecule has 24 heavy (non-hydrogen) atoms. The van der Waals surface area contributed by atoms with Crippen LogP contribution >= 0.6 is 0 Å². The topological polar surface area (TPSA) is 56.0 Å². The van der Waals surface area contributed by atoms with Gasteiger partial charge in [-0.1, -0.05) is 43.3 Å². The molecule has 0 bridgehead atoms. The molecule has 6 heteroatoms. The van der Waals surface area contributed by atoms with Gasteiger partial charge in [0.15, 0.2) is 5.82 Å². The van der Waals surface area contributed by atoms with E-state index in [1.807, 2.05) is 30.3 Å². The number of halogens is 3. The number of hydrogen-bond acceptors (Lipinski definition) is 2. The molecular weight excluding hydrogens is 317 g/mol. The zero-order valence-electron chi connectivity index (χ0n) is 12.7. The highest BCUT2D eigenvalue weighted by molar-refractivity contribution is 6.06. The third-order valence-electron chi connectivity index (χ3n) is 4.03. The van der Waals surface area contributed by atoms with Crippen LogP contribution in [0.4, 0.5) is 13.2 Å². The predicted octanol–water partition coefficient (Wildman–Crippen LogP) is 3.90. The average molecular weight is 330 g/mol. The van der Waals surface area contributed by atoms with Crippen molar-refractivity contribution in [3.8, 4) is 0 Å². The summed E-state index contributed by atoms with van der Waals surface area (Å²) in [7, 11) is 0. The third-order valence-corrected chi connectivity index (χ3v) is 4.03. The lowest BCUT2D eigenvalue weighted by Gasteiger charge is -2.16. The molecule has 0 radical (unpaired) electrons. The average Bonchev–Trinajstić information content (AvgIpc) is 2.57. The normalized spacial score (nSPS) is 12.3. The van der Waals surface area contributed by atoms with Crippen LogP contribution in [0.15, 0.2) is 42.5 Å². The Labute approximate surface area is 135 Å². The van der Waals surface area contributed by atoms with Gasteiger partial charge in [0, 0.05) is 5.92 Å². The summed E-state index contributed by atoms with van der Waals surface area (Å²) in [5.74, 6) is -5.46. The number of rotatable bonds is 3. The van der Waals surface area contributed by atoms with Gasteiger partial charge in [-0.15, -0.1) is 0 Å². The minimum atomic E-state index is -1.54. The van der Waals surface area contributed by atoms with Gasteiger partial charge in [-0.2, -0.15) is 4.39 Å². The lowest BCUT2D eigenvalue weighted by Crippen LogP contribution is -2.17. The summed E-state index contributed by atoms with van der Waals surface area (Å²) < 4.78 is 42.4. The van der Waals surface area contributed by atoms with Crippen LogP contribution in [0.3, 0.4) is 0 Å². The molecule has 3 aromatic rings. The van der Waals surface area contributed by atoms with Crippen LogP contribution in [-0.4, -0.2) is 10.9 Å². The van der Waals surface area contributed by atoms with Crippen LogP contribution in [0.2, 0.25) is 0 Å². The molecule has 1 unspecified atom stereocenters. The number of carbonyl (C=O) groups excluding carboxylic acids is 1. The molecule has 0 saturated carbocycles. The summed E-state index contributed by atoms with van der Waals surface area (Å²) in [6, 6.07) is 11.9. The molecule has 1 heterocycles. The molecule has 0 fully saturated rings. The van der Waals surface area contributed by atoms with E-state index >= 15 is 4.39 Å². The molecule has 0 aliphatic carbocycles. The first-order valence-corrected chi connectivity index (χ1v) is 7.23. The van der Waals surface area contributed by atoms with E-state index < -0.39 is 34.4 Å². The van der Waals surface area contributed by atoms with E-state index in [-0.39, 0.29) is 17.0 Å². The monoisotopic (exact) mass is 330 g/mol. The number of nitrogens with two attached hydrogens (primary N) is 1. The number of amides is 1. The fraction of sp³-hybridized carbons (Fsp3) is 0.111. The minimum Gasteiger partial charge on any atom is -0.365 e. The van der Waals surface area contributed by atoms with Gasteiger partial charge in [0.2, 0.25) is 5.95 Å². The van der Waals surface area contributed by atoms with Crippen molar-refractivity contribution in [3.05, 3.63) is 76.7 Å². The van der Waals surface area contributed by atoms with Gasteiger partial charge in [-0.05, 0) is 17.2 Å². The van der Waals surface area contributed by atoms with Crippen molar-refractivity contribution >= 4 is 16.8 Å². The second-order valence-corrected chi connectivity index (χ2v) is 5.45. The lowest BCUT2D eigenvalue weighted by molar-refractivity contribution is 0.0996. The summed E-state index contributed by atoms with van der Waals surface area (Å²) in [5, 5.41) is -0.401. The van der Waals surface area contributed by atoms with E-state index in [0.717, 1.165) is 5.56 Å². The van der Waals surface area contributed by atoms with Crippen LogP contribution < -0.4 is 5.73 Å². The van der Waals surface area contributed by atoms with E-state index in [1.165, 1.54) is 12.1 Å². The number of nitrogens with zero attached hydrogens (tertiary/aromatic N) is 1. The van der Waals surface area contributed by atoms with E-state index in [9.17, 15) is 13.6 Å². The Morgan fingerprint density at radius 1 is 1.04 bits per heavy atom. The Kier molecular flexibility index (Phi) is 3.97. The second-order valence-electron chi connectivity index (χ2n) is 5.45. The largest absolute Gasteiger partial charge is 0.365 e. The zero-order chi connectivity index (χ0) is 17.4. The number of fused-ring (bicyclic) bond motifs is 1. The first-order valence-electron chi connectivity index (χ1n) is 7.23. The number of carbonyl (C=O) groups is 1. The Balaban J connectivity index is 2.30. The second kappa shape index (κ2) is 5.96. The molecule has 1 aromatic heterocycles. The number of hydrogen-bond donors (Lipinski definition) is 1. The van der Waals surface area contributed by atoms with Crippen LogP contribution in [0.25, 0.3) is 10.9 Å². The quantitative estimate of drug-likeness (QED) is 0.741. The SMILES string of the molecule is CC(c1ccccc1)c1ccc2nc(F)c(F)c(C(N)=O)c2c1F. The van der Waals surface area contributed by atoms with Crippen molar-refractivity contribution in [2.24, 2.45) is 5.73 Å². The third kappa shape index (κ3) is 2.50. The minimum absolute atomic E-state index is 0.163. The molecule has 122 valence electrons. The highest BCUT2D eigenvalue weighted by atomic mass is 19.2. The van der Waals surface area contributed by atoms with Crippen molar-refractivity contribution in [1.82, 2.24) is 4.98 Å². The lowest BCUT2D eigenvalue weighted by atomic mass is 9.90. The van der Waals surface area contributed by atoms with Crippen molar-refractivity contribution in [3.63, 3.8) is 0 Å². The fourth-order valence-electron chi connectivity index (χ4n) is 2.77. The molecule has 0 saturated heterocycles. The molecule has 2 aromatic carbocycles. The van der Waals surface area contributed by atoms with Crippen molar-refractivity contribution in [2.45, 2.75) is 12.8 Å². The van der Waals surface area contributed by atoms with Crippen LogP contribution in [0.5, 0.6) is 0 Å². The number of aromatic nitrogens is 1. The maximum Gasteiger partial charge on any atom is 0.252 e. The van der Waals surface area contributed by atoms with Crippen molar-refractivity contribution < 1.29 is 18.0 Å². The van der Waals surface area contributed by atoms with Gasteiger partial charge in [0.1, 0.15) is 5.82 Å². The van der Waals surface area contributed by atoms with Crippen LogP contribution in [0, 0.1) is 17.6 Å². The molecule has 1 amide bonds. The van der Waals surface area contributed by atoms with Gasteiger partial charge in [0.05, 0.1) is 16.5 Å². The van der Waals surface area contributed by atoms with Crippen molar-refractivity contribution in [1.29, 1.82) is 0 Å². The molecule has 1 atom stereocenters. The number of benzene rings is 2. The van der Waals surface area contributed by atoms with E-state index in [2.05, 4.69) is 4.98 Å². The van der Waals surface area contributed by atoms with Gasteiger partial charge < -0.3 is 5.73 Å². The van der Waals surface area contributed by atoms with Crippen molar-refractivity contribution in [2.75, 3.05) is 0 Å². The first kappa shape index (κ1) is 16.0. The Hall–Kier alpha value is -2.89. The number of primary amides is 1. The molecule has 0 spiro atoms. The molecular formula is C18H13F3N2O. The van der Waals surface area contributed by atoms with E-state index in [4.69, 9.17) is 5.73 Å². The Morgan fingerprint density at radius 2 is 1.71 bits per heavy atom. The van der Waals surface area contributed by atoms with Crippen LogP contribution in [-0.2, 0) is 0 Å². The van der Waals surface area contributed by atoms with Gasteiger partial charge in [-0.25, -0.2) is 13.8 Å². The first-order chi connectivity index (χ1) is 11.4. The molecule has 3 nitrogen and oxygen atoms in total. The maximum absolute atomic E-state index is 15.0. The van der Waals surface area contributed by atoms with Gasteiger partial charge in [-0.3, -0.25) is 4.79 Å². The Bertz CT molecular complexity index is 942. The summed E-state index contributed by atoms with van der Waals surface area (Å²) in [4.78, 5) is 14.9.